The van der Waals surface area contributed by atoms with Crippen molar-refractivity contribution in [2.45, 2.75) is 44.7 Å². The van der Waals surface area contributed by atoms with E-state index in [9.17, 15) is 9.90 Å². The fourth-order valence-electron chi connectivity index (χ4n) is 4.10. The number of aliphatic carboxylic acids is 1. The molecule has 0 spiro atoms. The minimum absolute atomic E-state index is 0.254. The minimum atomic E-state index is -0.782. The molecule has 1 fully saturated rings. The number of hydrogen-bond donors (Lipinski definition) is 1. The number of carboxylic acids is 1. The molecule has 2 unspecified atom stereocenters. The number of ether oxygens (including phenoxy) is 2. The number of rotatable bonds is 7. The molecule has 2 aromatic carbocycles. The Bertz CT molecular complexity index is 794. The third-order valence-corrected chi connectivity index (χ3v) is 5.57. The maximum atomic E-state index is 11.9. The lowest BCUT2D eigenvalue weighted by Crippen LogP contribution is -2.39. The van der Waals surface area contributed by atoms with E-state index in [4.69, 9.17) is 9.47 Å². The van der Waals surface area contributed by atoms with Crippen LogP contribution in [0.3, 0.4) is 0 Å². The molecule has 1 aliphatic heterocycles. The molecule has 0 amide bonds. The first-order valence-electron chi connectivity index (χ1n) is 9.77. The molecular formula is C23H29NO4. The summed E-state index contributed by atoms with van der Waals surface area (Å²) in [5.74, 6) is 1.06. The highest BCUT2D eigenvalue weighted by Gasteiger charge is 2.39. The van der Waals surface area contributed by atoms with Gasteiger partial charge in [-0.15, -0.1) is 0 Å². The second-order valence-corrected chi connectivity index (χ2v) is 7.53. The van der Waals surface area contributed by atoms with Crippen LogP contribution in [0.4, 0.5) is 0 Å². The van der Waals surface area contributed by atoms with Crippen LogP contribution in [0.1, 0.15) is 55.3 Å². The van der Waals surface area contributed by atoms with Crippen LogP contribution in [0.15, 0.2) is 42.5 Å². The predicted molar refractivity (Wildman–Crippen MR) is 109 cm³/mol. The van der Waals surface area contributed by atoms with Gasteiger partial charge in [0.05, 0.1) is 25.8 Å². The topological polar surface area (TPSA) is 59.0 Å². The molecule has 3 rings (SSSR count). The van der Waals surface area contributed by atoms with Gasteiger partial charge in [0.1, 0.15) is 17.5 Å². The molecule has 1 N–H and O–H groups in total. The standard InChI is InChI=1S/C23H29NO4/c1-15(2)16-10-12-17(13-11-16)22(24-14-6-7-18(24)23(25)26)21-19(27-3)8-5-9-20(21)28-4/h5,8-13,15,18,22H,6-7,14H2,1-4H3,(H,25,26). The van der Waals surface area contributed by atoms with E-state index in [1.807, 2.05) is 18.2 Å². The van der Waals surface area contributed by atoms with Gasteiger partial charge < -0.3 is 14.6 Å². The summed E-state index contributed by atoms with van der Waals surface area (Å²) in [6, 6.07) is 13.4. The van der Waals surface area contributed by atoms with Crippen molar-refractivity contribution < 1.29 is 19.4 Å². The number of benzene rings is 2. The minimum Gasteiger partial charge on any atom is -0.496 e. The van der Waals surface area contributed by atoms with Crippen molar-refractivity contribution in [3.63, 3.8) is 0 Å². The van der Waals surface area contributed by atoms with E-state index in [2.05, 4.69) is 43.0 Å². The molecule has 1 heterocycles. The van der Waals surface area contributed by atoms with Crippen LogP contribution in [-0.4, -0.2) is 42.8 Å². The van der Waals surface area contributed by atoms with Gasteiger partial charge in [0.15, 0.2) is 0 Å². The third-order valence-electron chi connectivity index (χ3n) is 5.57. The summed E-state index contributed by atoms with van der Waals surface area (Å²) in [6.45, 7) is 5.04. The first kappa shape index (κ1) is 20.2. The van der Waals surface area contributed by atoms with Gasteiger partial charge in [-0.25, -0.2) is 0 Å². The number of carboxylic acid groups (broad SMARTS) is 1. The second kappa shape index (κ2) is 8.65. The van der Waals surface area contributed by atoms with Crippen molar-refractivity contribution in [1.29, 1.82) is 0 Å². The van der Waals surface area contributed by atoms with Crippen LogP contribution in [0.5, 0.6) is 11.5 Å². The number of methoxy groups -OCH3 is 2. The Morgan fingerprint density at radius 1 is 1.04 bits per heavy atom. The van der Waals surface area contributed by atoms with Gasteiger partial charge in [-0.2, -0.15) is 0 Å². The molecule has 2 aromatic rings. The van der Waals surface area contributed by atoms with E-state index in [0.717, 1.165) is 24.1 Å². The zero-order valence-corrected chi connectivity index (χ0v) is 17.0. The lowest BCUT2D eigenvalue weighted by molar-refractivity contribution is -0.142. The van der Waals surface area contributed by atoms with E-state index < -0.39 is 12.0 Å². The molecule has 1 aliphatic rings. The second-order valence-electron chi connectivity index (χ2n) is 7.53. The molecule has 150 valence electrons. The molecule has 0 radical (unpaired) electrons. The monoisotopic (exact) mass is 383 g/mol. The Balaban J connectivity index is 2.17. The van der Waals surface area contributed by atoms with Gasteiger partial charge in [0.25, 0.3) is 0 Å². The summed E-state index contributed by atoms with van der Waals surface area (Å²) in [5.41, 5.74) is 3.17. The van der Waals surface area contributed by atoms with Crippen LogP contribution in [0.25, 0.3) is 0 Å². The van der Waals surface area contributed by atoms with Gasteiger partial charge in [-0.05, 0) is 42.0 Å². The zero-order valence-electron chi connectivity index (χ0n) is 17.0. The van der Waals surface area contributed by atoms with Crippen LogP contribution in [0, 0.1) is 0 Å². The molecule has 0 bridgehead atoms. The largest absolute Gasteiger partial charge is 0.496 e. The zero-order chi connectivity index (χ0) is 20.3. The predicted octanol–water partition coefficient (Wildman–Crippen LogP) is 4.47. The Morgan fingerprint density at radius 2 is 1.61 bits per heavy atom. The number of likely N-dealkylation sites (tertiary alicyclic amines) is 1. The molecule has 2 atom stereocenters. The Kier molecular flexibility index (Phi) is 6.25. The van der Waals surface area contributed by atoms with E-state index in [1.54, 1.807) is 14.2 Å². The molecule has 1 saturated heterocycles. The van der Waals surface area contributed by atoms with Gasteiger partial charge in [-0.1, -0.05) is 44.2 Å². The van der Waals surface area contributed by atoms with Crippen molar-refractivity contribution in [3.8, 4) is 11.5 Å². The molecule has 0 aromatic heterocycles. The number of carbonyl (C=O) groups is 1. The summed E-state index contributed by atoms with van der Waals surface area (Å²) < 4.78 is 11.3. The van der Waals surface area contributed by atoms with Crippen molar-refractivity contribution in [2.75, 3.05) is 20.8 Å². The molecule has 0 aliphatic carbocycles. The molecule has 5 nitrogen and oxygen atoms in total. The first-order chi connectivity index (χ1) is 13.5. The summed E-state index contributed by atoms with van der Waals surface area (Å²) in [4.78, 5) is 14.0. The third kappa shape index (κ3) is 3.85. The Morgan fingerprint density at radius 3 is 2.11 bits per heavy atom. The highest BCUT2D eigenvalue weighted by molar-refractivity contribution is 5.74. The van der Waals surface area contributed by atoms with Crippen molar-refractivity contribution in [2.24, 2.45) is 0 Å². The van der Waals surface area contributed by atoms with Crippen molar-refractivity contribution in [1.82, 2.24) is 4.90 Å². The molecule has 5 heteroatoms. The number of nitrogens with zero attached hydrogens (tertiary/aromatic N) is 1. The SMILES string of the molecule is COc1cccc(OC)c1C(c1ccc(C(C)C)cc1)N1CCCC1C(=O)O. The first-order valence-corrected chi connectivity index (χ1v) is 9.77. The van der Waals surface area contributed by atoms with Crippen LogP contribution < -0.4 is 9.47 Å². The molecule has 28 heavy (non-hydrogen) atoms. The maximum absolute atomic E-state index is 11.9. The molecule has 0 saturated carbocycles. The maximum Gasteiger partial charge on any atom is 0.320 e. The van der Waals surface area contributed by atoms with Crippen molar-refractivity contribution in [3.05, 3.63) is 59.2 Å². The Hall–Kier alpha value is -2.53. The fourth-order valence-corrected chi connectivity index (χ4v) is 4.10. The van der Waals surface area contributed by atoms with E-state index in [-0.39, 0.29) is 6.04 Å². The lowest BCUT2D eigenvalue weighted by atomic mass is 9.92. The van der Waals surface area contributed by atoms with E-state index >= 15 is 0 Å². The van der Waals surface area contributed by atoms with E-state index in [0.29, 0.717) is 23.8 Å². The van der Waals surface area contributed by atoms with Crippen LogP contribution in [0.2, 0.25) is 0 Å². The fraction of sp³-hybridized carbons (Fsp3) is 0.435. The summed E-state index contributed by atoms with van der Waals surface area (Å²) in [7, 11) is 3.27. The average Bonchev–Trinajstić information content (AvgIpc) is 3.18. The smallest absolute Gasteiger partial charge is 0.320 e. The number of hydrogen-bond acceptors (Lipinski definition) is 4. The summed E-state index contributed by atoms with van der Waals surface area (Å²) >= 11 is 0. The summed E-state index contributed by atoms with van der Waals surface area (Å²) in [5, 5.41) is 9.79. The average molecular weight is 383 g/mol. The van der Waals surface area contributed by atoms with Gasteiger partial charge in [0, 0.05) is 6.54 Å². The normalized spacial score (nSPS) is 18.2. The van der Waals surface area contributed by atoms with Gasteiger partial charge in [-0.3, -0.25) is 9.69 Å². The van der Waals surface area contributed by atoms with Gasteiger partial charge >= 0.3 is 5.97 Å². The van der Waals surface area contributed by atoms with Crippen LogP contribution >= 0.6 is 0 Å². The van der Waals surface area contributed by atoms with Crippen molar-refractivity contribution >= 4 is 5.97 Å². The highest BCUT2D eigenvalue weighted by Crippen LogP contribution is 2.43. The van der Waals surface area contributed by atoms with Gasteiger partial charge in [0.2, 0.25) is 0 Å². The Labute approximate surface area is 166 Å². The highest BCUT2D eigenvalue weighted by atomic mass is 16.5. The van der Waals surface area contributed by atoms with Crippen LogP contribution in [-0.2, 0) is 4.79 Å². The summed E-state index contributed by atoms with van der Waals surface area (Å²) in [6.07, 6.45) is 1.50. The lowest BCUT2D eigenvalue weighted by Gasteiger charge is -2.33. The van der Waals surface area contributed by atoms with E-state index in [1.165, 1.54) is 5.56 Å². The quantitative estimate of drug-likeness (QED) is 0.765. The molecular weight excluding hydrogens is 354 g/mol.